The summed E-state index contributed by atoms with van der Waals surface area (Å²) in [5.74, 6) is -2.41. The largest absolute Gasteiger partial charge is 0.433 e. The Balaban J connectivity index is 1.74. The maximum absolute atomic E-state index is 12.2. The number of furan rings is 1. The molecule has 11 heteroatoms. The zero-order valence-corrected chi connectivity index (χ0v) is 14.4. The summed E-state index contributed by atoms with van der Waals surface area (Å²) in [6.07, 6.45) is 0. The predicted molar refractivity (Wildman–Crippen MR) is 92.1 cm³/mol. The van der Waals surface area contributed by atoms with Gasteiger partial charge in [-0.1, -0.05) is 35.3 Å². The van der Waals surface area contributed by atoms with Crippen LogP contribution in [0.1, 0.15) is 20.2 Å². The van der Waals surface area contributed by atoms with Gasteiger partial charge in [0, 0.05) is 5.39 Å². The number of hydrogen-bond donors (Lipinski definition) is 2. The topological polar surface area (TPSA) is 114 Å². The lowest BCUT2D eigenvalue weighted by atomic mass is 10.2. The molecule has 0 aliphatic carbocycles. The van der Waals surface area contributed by atoms with E-state index in [0.717, 1.165) is 23.5 Å². The lowest BCUT2D eigenvalue weighted by Gasteiger charge is -2.04. The first-order valence-corrected chi connectivity index (χ1v) is 8.17. The highest BCUT2D eigenvalue weighted by Gasteiger charge is 2.21. The summed E-state index contributed by atoms with van der Waals surface area (Å²) in [4.78, 5) is 34.0. The number of nitrogens with one attached hydrogen (secondary N) is 2. The van der Waals surface area contributed by atoms with E-state index in [1.54, 1.807) is 18.2 Å². The van der Waals surface area contributed by atoms with Crippen molar-refractivity contribution >= 4 is 62.3 Å². The predicted octanol–water partition coefficient (Wildman–Crippen LogP) is 3.78. The molecule has 128 valence electrons. The van der Waals surface area contributed by atoms with E-state index in [0.29, 0.717) is 15.1 Å². The fourth-order valence-electron chi connectivity index (χ4n) is 1.98. The lowest BCUT2D eigenvalue weighted by Crippen LogP contribution is -2.41. The SMILES string of the molecule is O=C(NNC(=O)c1sc2c(Cl)cccc2c1Cl)c1ccc([N+](=O)[O-])o1. The quantitative estimate of drug-likeness (QED) is 0.513. The Hall–Kier alpha value is -2.62. The molecule has 2 heterocycles. The molecular weight excluding hydrogens is 393 g/mol. The molecule has 3 aromatic rings. The first-order valence-electron chi connectivity index (χ1n) is 6.60. The fourth-order valence-corrected chi connectivity index (χ4v) is 3.68. The van der Waals surface area contributed by atoms with Crippen molar-refractivity contribution in [3.63, 3.8) is 0 Å². The Labute approximate surface area is 153 Å². The van der Waals surface area contributed by atoms with Crippen molar-refractivity contribution < 1.29 is 18.9 Å². The molecule has 0 bridgehead atoms. The zero-order valence-electron chi connectivity index (χ0n) is 12.0. The first-order chi connectivity index (χ1) is 11.9. The Bertz CT molecular complexity index is 1010. The van der Waals surface area contributed by atoms with Gasteiger partial charge in [-0.05, 0) is 12.1 Å². The number of nitro groups is 1. The van der Waals surface area contributed by atoms with Crippen molar-refractivity contribution in [2.45, 2.75) is 0 Å². The van der Waals surface area contributed by atoms with Crippen LogP contribution in [-0.2, 0) is 0 Å². The number of rotatable bonds is 3. The Morgan fingerprint density at radius 3 is 2.48 bits per heavy atom. The standard InChI is InChI=1S/C14H7Cl2N3O5S/c15-7-3-1-2-6-10(16)12(25-11(6)7)14(21)18-17-13(20)8-4-5-9(24-8)19(22)23/h1-5H,(H,17,20)(H,18,21). The number of benzene rings is 1. The average molecular weight is 400 g/mol. The van der Waals surface area contributed by atoms with Gasteiger partial charge in [0.1, 0.15) is 9.80 Å². The van der Waals surface area contributed by atoms with Gasteiger partial charge in [-0.15, -0.1) is 11.3 Å². The molecule has 0 fully saturated rings. The molecule has 8 nitrogen and oxygen atoms in total. The third-order valence-electron chi connectivity index (χ3n) is 3.10. The molecule has 2 N–H and O–H groups in total. The van der Waals surface area contributed by atoms with Gasteiger partial charge in [-0.3, -0.25) is 30.6 Å². The van der Waals surface area contributed by atoms with Gasteiger partial charge in [-0.25, -0.2) is 0 Å². The maximum Gasteiger partial charge on any atom is 0.433 e. The van der Waals surface area contributed by atoms with Gasteiger partial charge >= 0.3 is 11.8 Å². The number of hydrazine groups is 1. The van der Waals surface area contributed by atoms with E-state index >= 15 is 0 Å². The van der Waals surface area contributed by atoms with Gasteiger partial charge in [0.15, 0.2) is 0 Å². The second kappa shape index (κ2) is 6.71. The highest BCUT2D eigenvalue weighted by Crippen LogP contribution is 2.38. The van der Waals surface area contributed by atoms with Crippen LogP contribution >= 0.6 is 34.5 Å². The second-order valence-corrected chi connectivity index (χ2v) is 6.47. The van der Waals surface area contributed by atoms with E-state index in [1.165, 1.54) is 0 Å². The Morgan fingerprint density at radius 1 is 1.12 bits per heavy atom. The Kier molecular flexibility index (Phi) is 4.62. The minimum absolute atomic E-state index is 0.162. The normalized spacial score (nSPS) is 10.6. The van der Waals surface area contributed by atoms with Gasteiger partial charge in [-0.2, -0.15) is 0 Å². The van der Waals surface area contributed by atoms with Gasteiger partial charge < -0.3 is 4.42 Å². The van der Waals surface area contributed by atoms with Crippen LogP contribution < -0.4 is 10.9 Å². The van der Waals surface area contributed by atoms with Crippen molar-refractivity contribution in [3.8, 4) is 0 Å². The smallest absolute Gasteiger partial charge is 0.395 e. The summed E-state index contributed by atoms with van der Waals surface area (Å²) in [6.45, 7) is 0. The third kappa shape index (κ3) is 3.29. The molecule has 0 aliphatic rings. The van der Waals surface area contributed by atoms with Crippen LogP contribution in [0.3, 0.4) is 0 Å². The average Bonchev–Trinajstić information content (AvgIpc) is 3.19. The molecular formula is C14H7Cl2N3O5S. The van der Waals surface area contributed by atoms with E-state index in [2.05, 4.69) is 10.9 Å². The van der Waals surface area contributed by atoms with Crippen molar-refractivity contribution in [1.82, 2.24) is 10.9 Å². The summed E-state index contributed by atoms with van der Waals surface area (Å²) in [5, 5.41) is 11.8. The second-order valence-electron chi connectivity index (χ2n) is 4.66. The monoisotopic (exact) mass is 399 g/mol. The Morgan fingerprint density at radius 2 is 1.84 bits per heavy atom. The van der Waals surface area contributed by atoms with E-state index in [-0.39, 0.29) is 15.7 Å². The van der Waals surface area contributed by atoms with E-state index in [9.17, 15) is 19.7 Å². The highest BCUT2D eigenvalue weighted by atomic mass is 35.5. The van der Waals surface area contributed by atoms with Crippen LogP contribution in [-0.4, -0.2) is 16.7 Å². The minimum atomic E-state index is -0.850. The van der Waals surface area contributed by atoms with Crippen molar-refractivity contribution in [3.05, 3.63) is 61.1 Å². The zero-order chi connectivity index (χ0) is 18.1. The molecule has 0 spiro atoms. The first kappa shape index (κ1) is 17.2. The summed E-state index contributed by atoms with van der Waals surface area (Å²) in [6, 6.07) is 7.24. The van der Waals surface area contributed by atoms with Crippen LogP contribution in [0, 0.1) is 10.1 Å². The summed E-state index contributed by atoms with van der Waals surface area (Å²) in [5.41, 5.74) is 4.27. The van der Waals surface area contributed by atoms with Crippen LogP contribution in [0.4, 0.5) is 5.88 Å². The van der Waals surface area contributed by atoms with Crippen molar-refractivity contribution in [1.29, 1.82) is 0 Å². The molecule has 0 atom stereocenters. The molecule has 3 rings (SSSR count). The molecule has 0 unspecified atom stereocenters. The van der Waals surface area contributed by atoms with Gasteiger partial charge in [0.25, 0.3) is 5.91 Å². The van der Waals surface area contributed by atoms with E-state index in [4.69, 9.17) is 27.6 Å². The molecule has 0 saturated heterocycles. The van der Waals surface area contributed by atoms with E-state index in [1.807, 2.05) is 0 Å². The molecule has 0 saturated carbocycles. The van der Waals surface area contributed by atoms with Crippen LogP contribution in [0.15, 0.2) is 34.7 Å². The lowest BCUT2D eigenvalue weighted by molar-refractivity contribution is -0.402. The van der Waals surface area contributed by atoms with Crippen LogP contribution in [0.25, 0.3) is 10.1 Å². The number of carbonyl (C=O) groups excluding carboxylic acids is 2. The molecule has 0 radical (unpaired) electrons. The van der Waals surface area contributed by atoms with Gasteiger partial charge in [0.2, 0.25) is 5.76 Å². The van der Waals surface area contributed by atoms with Crippen LogP contribution in [0.2, 0.25) is 10.0 Å². The fraction of sp³-hybridized carbons (Fsp3) is 0. The summed E-state index contributed by atoms with van der Waals surface area (Å²) < 4.78 is 5.37. The number of fused-ring (bicyclic) bond motifs is 1. The molecule has 25 heavy (non-hydrogen) atoms. The highest BCUT2D eigenvalue weighted by molar-refractivity contribution is 7.22. The number of halogens is 2. The number of amides is 2. The summed E-state index contributed by atoms with van der Waals surface area (Å²) in [7, 11) is 0. The molecule has 2 amide bonds. The maximum atomic E-state index is 12.2. The van der Waals surface area contributed by atoms with E-state index < -0.39 is 22.6 Å². The van der Waals surface area contributed by atoms with Crippen molar-refractivity contribution in [2.75, 3.05) is 0 Å². The number of thiophene rings is 1. The van der Waals surface area contributed by atoms with Gasteiger partial charge in [0.05, 0.1) is 20.8 Å². The summed E-state index contributed by atoms with van der Waals surface area (Å²) >= 11 is 13.3. The number of carbonyl (C=O) groups is 2. The minimum Gasteiger partial charge on any atom is -0.395 e. The van der Waals surface area contributed by atoms with Crippen LogP contribution in [0.5, 0.6) is 0 Å². The number of hydrogen-bond acceptors (Lipinski definition) is 6. The molecule has 1 aromatic carbocycles. The number of nitrogens with zero attached hydrogens (tertiary/aromatic N) is 1. The molecule has 0 aliphatic heterocycles. The van der Waals surface area contributed by atoms with Crippen molar-refractivity contribution in [2.24, 2.45) is 0 Å². The third-order valence-corrected chi connectivity index (χ3v) is 5.27. The molecule has 2 aromatic heterocycles.